The molecule has 0 aliphatic heterocycles. The monoisotopic (exact) mass is 364 g/mol. The van der Waals surface area contributed by atoms with Crippen LogP contribution in [0.5, 0.6) is 0 Å². The number of aromatic nitrogens is 4. The highest BCUT2D eigenvalue weighted by Gasteiger charge is 2.09. The van der Waals surface area contributed by atoms with E-state index in [1.54, 1.807) is 46.0 Å². The number of anilines is 2. The Labute approximate surface area is 148 Å². The molecule has 0 spiro atoms. The fraction of sp³-hybridized carbons (Fsp3) is 0.133. The molecule has 2 N–H and O–H groups in total. The van der Waals surface area contributed by atoms with E-state index in [4.69, 9.17) is 23.8 Å². The van der Waals surface area contributed by atoms with Crippen LogP contribution in [0, 0.1) is 5.82 Å². The van der Waals surface area contributed by atoms with Crippen LogP contribution < -0.4 is 10.6 Å². The third-order valence-electron chi connectivity index (χ3n) is 3.22. The zero-order chi connectivity index (χ0) is 17.1. The first-order valence-electron chi connectivity index (χ1n) is 7.05. The van der Waals surface area contributed by atoms with Crippen molar-refractivity contribution in [3.8, 4) is 0 Å². The summed E-state index contributed by atoms with van der Waals surface area (Å²) in [5.74, 6) is 0.809. The maximum Gasteiger partial charge on any atom is 0.177 e. The second-order valence-corrected chi connectivity index (χ2v) is 5.87. The lowest BCUT2D eigenvalue weighted by molar-refractivity contribution is 0.586. The predicted octanol–water partition coefficient (Wildman–Crippen LogP) is 3.27. The summed E-state index contributed by atoms with van der Waals surface area (Å²) < 4.78 is 17.1. The first kappa shape index (κ1) is 16.4. The number of hydrogen-bond acceptors (Lipinski definition) is 3. The summed E-state index contributed by atoms with van der Waals surface area (Å²) in [7, 11) is 1.82. The molecule has 0 fully saturated rings. The molecule has 0 atom stereocenters. The van der Waals surface area contributed by atoms with Crippen molar-refractivity contribution in [3.05, 3.63) is 59.1 Å². The van der Waals surface area contributed by atoms with Crippen LogP contribution in [0.25, 0.3) is 0 Å². The van der Waals surface area contributed by atoms with E-state index < -0.39 is 0 Å². The van der Waals surface area contributed by atoms with Gasteiger partial charge in [-0.15, -0.1) is 0 Å². The standard InChI is InChI=1S/C15H14ClFN6S/c1-22-7-5-13(20-22)18-15(24)19-14-6-8-23(21-14)9-10-11(16)3-2-4-12(10)17/h2-8H,9H2,1H3,(H2,18,19,20,21,24). The van der Waals surface area contributed by atoms with Crippen LogP contribution in [0.15, 0.2) is 42.7 Å². The summed E-state index contributed by atoms with van der Waals surface area (Å²) in [4.78, 5) is 0. The molecule has 0 saturated heterocycles. The van der Waals surface area contributed by atoms with Crippen LogP contribution in [0.3, 0.4) is 0 Å². The quantitative estimate of drug-likeness (QED) is 0.696. The number of halogens is 2. The number of aryl methyl sites for hydroxylation is 1. The molecule has 0 amide bonds. The molecule has 124 valence electrons. The molecular weight excluding hydrogens is 351 g/mol. The Hall–Kier alpha value is -2.45. The van der Waals surface area contributed by atoms with Gasteiger partial charge in [-0.05, 0) is 24.4 Å². The van der Waals surface area contributed by atoms with Crippen molar-refractivity contribution in [2.45, 2.75) is 6.54 Å². The Kier molecular flexibility index (Phi) is 4.77. The molecule has 3 rings (SSSR count). The van der Waals surface area contributed by atoms with Gasteiger partial charge in [-0.25, -0.2) is 4.39 Å². The lowest BCUT2D eigenvalue weighted by Gasteiger charge is -2.07. The number of hydrogen-bond donors (Lipinski definition) is 2. The summed E-state index contributed by atoms with van der Waals surface area (Å²) in [6.45, 7) is 0.230. The molecule has 0 aliphatic carbocycles. The summed E-state index contributed by atoms with van der Waals surface area (Å²) in [5, 5.41) is 15.1. The van der Waals surface area contributed by atoms with Crippen molar-refractivity contribution in [1.82, 2.24) is 19.6 Å². The Bertz CT molecular complexity index is 854. The van der Waals surface area contributed by atoms with E-state index in [2.05, 4.69) is 20.8 Å². The van der Waals surface area contributed by atoms with Crippen molar-refractivity contribution < 1.29 is 4.39 Å². The van der Waals surface area contributed by atoms with Gasteiger partial charge in [-0.3, -0.25) is 9.36 Å². The third-order valence-corrected chi connectivity index (χ3v) is 3.78. The van der Waals surface area contributed by atoms with Gasteiger partial charge in [-0.1, -0.05) is 17.7 Å². The number of nitrogens with zero attached hydrogens (tertiary/aromatic N) is 4. The SMILES string of the molecule is Cn1ccc(NC(=S)Nc2ccn(Cc3c(F)cccc3Cl)n2)n1. The lowest BCUT2D eigenvalue weighted by Crippen LogP contribution is -2.20. The predicted molar refractivity (Wildman–Crippen MR) is 95.8 cm³/mol. The Morgan fingerprint density at radius 2 is 1.88 bits per heavy atom. The zero-order valence-electron chi connectivity index (χ0n) is 12.7. The highest BCUT2D eigenvalue weighted by molar-refractivity contribution is 7.80. The molecule has 1 aromatic carbocycles. The smallest absolute Gasteiger partial charge is 0.177 e. The Balaban J connectivity index is 1.64. The van der Waals surface area contributed by atoms with Gasteiger partial charge in [0.1, 0.15) is 5.82 Å². The Morgan fingerprint density at radius 1 is 1.17 bits per heavy atom. The van der Waals surface area contributed by atoms with E-state index in [0.29, 0.717) is 27.3 Å². The van der Waals surface area contributed by atoms with Gasteiger partial charge in [0.05, 0.1) is 6.54 Å². The molecule has 24 heavy (non-hydrogen) atoms. The molecule has 0 bridgehead atoms. The minimum atomic E-state index is -0.361. The zero-order valence-corrected chi connectivity index (χ0v) is 14.3. The first-order chi connectivity index (χ1) is 11.5. The maximum absolute atomic E-state index is 13.8. The van der Waals surface area contributed by atoms with E-state index in [1.165, 1.54) is 6.07 Å². The average molecular weight is 365 g/mol. The minimum Gasteiger partial charge on any atom is -0.316 e. The number of benzene rings is 1. The molecule has 0 unspecified atom stereocenters. The summed E-state index contributed by atoms with van der Waals surface area (Å²) in [6, 6.07) is 8.12. The van der Waals surface area contributed by atoms with Crippen molar-refractivity contribution in [2.75, 3.05) is 10.6 Å². The lowest BCUT2D eigenvalue weighted by atomic mass is 10.2. The van der Waals surface area contributed by atoms with Crippen molar-refractivity contribution >= 4 is 40.6 Å². The summed E-state index contributed by atoms with van der Waals surface area (Å²) >= 11 is 11.2. The summed E-state index contributed by atoms with van der Waals surface area (Å²) in [6.07, 6.45) is 3.52. The van der Waals surface area contributed by atoms with Crippen molar-refractivity contribution in [1.29, 1.82) is 0 Å². The van der Waals surface area contributed by atoms with E-state index in [9.17, 15) is 4.39 Å². The third kappa shape index (κ3) is 3.90. The molecule has 0 saturated carbocycles. The van der Waals surface area contributed by atoms with E-state index in [0.717, 1.165) is 0 Å². The van der Waals surface area contributed by atoms with Crippen LogP contribution in [0.2, 0.25) is 5.02 Å². The van der Waals surface area contributed by atoms with Crippen LogP contribution in [-0.4, -0.2) is 24.7 Å². The number of nitrogens with one attached hydrogen (secondary N) is 2. The molecule has 0 aliphatic rings. The van der Waals surface area contributed by atoms with Gasteiger partial charge in [0, 0.05) is 42.2 Å². The second-order valence-electron chi connectivity index (χ2n) is 5.05. The maximum atomic E-state index is 13.8. The molecular formula is C15H14ClFN6S. The van der Waals surface area contributed by atoms with Gasteiger partial charge in [0.15, 0.2) is 16.7 Å². The first-order valence-corrected chi connectivity index (χ1v) is 7.84. The number of thiocarbonyl (C=S) groups is 1. The van der Waals surface area contributed by atoms with E-state index in [-0.39, 0.29) is 12.4 Å². The Morgan fingerprint density at radius 3 is 2.54 bits per heavy atom. The van der Waals surface area contributed by atoms with Crippen LogP contribution in [0.4, 0.5) is 16.0 Å². The van der Waals surface area contributed by atoms with Crippen LogP contribution in [0.1, 0.15) is 5.56 Å². The normalized spacial score (nSPS) is 10.6. The van der Waals surface area contributed by atoms with Gasteiger partial charge in [-0.2, -0.15) is 10.2 Å². The van der Waals surface area contributed by atoms with Gasteiger partial charge >= 0.3 is 0 Å². The highest BCUT2D eigenvalue weighted by Crippen LogP contribution is 2.20. The number of rotatable bonds is 4. The minimum absolute atomic E-state index is 0.230. The molecule has 0 radical (unpaired) electrons. The highest BCUT2D eigenvalue weighted by atomic mass is 35.5. The second kappa shape index (κ2) is 6.98. The molecule has 2 aromatic heterocycles. The molecule has 3 aromatic rings. The topological polar surface area (TPSA) is 59.7 Å². The average Bonchev–Trinajstić information content (AvgIpc) is 3.12. The van der Waals surface area contributed by atoms with Crippen molar-refractivity contribution in [3.63, 3.8) is 0 Å². The molecule has 9 heteroatoms. The van der Waals surface area contributed by atoms with Gasteiger partial charge in [0.2, 0.25) is 0 Å². The van der Waals surface area contributed by atoms with Gasteiger partial charge < -0.3 is 10.6 Å². The van der Waals surface area contributed by atoms with Crippen LogP contribution >= 0.6 is 23.8 Å². The van der Waals surface area contributed by atoms with Gasteiger partial charge in [0.25, 0.3) is 0 Å². The largest absolute Gasteiger partial charge is 0.316 e. The molecule has 6 nitrogen and oxygen atoms in total. The summed E-state index contributed by atoms with van der Waals surface area (Å²) in [5.41, 5.74) is 0.392. The molecule has 2 heterocycles. The van der Waals surface area contributed by atoms with E-state index >= 15 is 0 Å². The fourth-order valence-corrected chi connectivity index (χ4v) is 2.54. The fourth-order valence-electron chi connectivity index (χ4n) is 2.11. The van der Waals surface area contributed by atoms with E-state index in [1.807, 2.05) is 7.05 Å². The van der Waals surface area contributed by atoms with Crippen molar-refractivity contribution in [2.24, 2.45) is 7.05 Å². The van der Waals surface area contributed by atoms with Crippen LogP contribution in [-0.2, 0) is 13.6 Å².